The van der Waals surface area contributed by atoms with Crippen LogP contribution in [0.3, 0.4) is 0 Å². The van der Waals surface area contributed by atoms with Crippen LogP contribution >= 0.6 is 0 Å². The highest BCUT2D eigenvalue weighted by atomic mass is 16.5. The molecule has 1 aromatic rings. The lowest BCUT2D eigenvalue weighted by Crippen LogP contribution is -2.39. The first kappa shape index (κ1) is 13.1. The quantitative estimate of drug-likeness (QED) is 0.897. The van der Waals surface area contributed by atoms with Crippen molar-refractivity contribution in [2.75, 3.05) is 18.6 Å². The van der Waals surface area contributed by atoms with Crippen molar-refractivity contribution in [3.05, 3.63) is 22.4 Å². The summed E-state index contributed by atoms with van der Waals surface area (Å²) in [7, 11) is 1.82. The van der Waals surface area contributed by atoms with E-state index in [1.54, 1.807) is 0 Å². The molecule has 1 N–H and O–H groups in total. The van der Waals surface area contributed by atoms with Gasteiger partial charge in [-0.15, -0.1) is 0 Å². The molecule has 0 spiro atoms. The number of methoxy groups -OCH3 is 1. The van der Waals surface area contributed by atoms with E-state index in [9.17, 15) is 4.79 Å². The molecular formula is C16H21N3O2. The number of nitrogens with one attached hydrogen (secondary N) is 1. The Hall–Kier alpha value is -1.62. The molecule has 2 aliphatic heterocycles. The van der Waals surface area contributed by atoms with E-state index in [1.807, 2.05) is 14.0 Å². The van der Waals surface area contributed by atoms with Gasteiger partial charge in [-0.25, -0.2) is 4.98 Å². The lowest BCUT2D eigenvalue weighted by molar-refractivity contribution is 0.0693. The van der Waals surface area contributed by atoms with Gasteiger partial charge in [-0.2, -0.15) is 0 Å². The Labute approximate surface area is 124 Å². The number of carbonyl (C=O) groups is 1. The molecule has 1 saturated carbocycles. The van der Waals surface area contributed by atoms with Crippen molar-refractivity contribution in [1.82, 2.24) is 10.3 Å². The van der Waals surface area contributed by atoms with Crippen LogP contribution in [0.1, 0.15) is 40.0 Å². The minimum absolute atomic E-state index is 0.0204. The van der Waals surface area contributed by atoms with Crippen molar-refractivity contribution in [2.45, 2.75) is 45.4 Å². The predicted molar refractivity (Wildman–Crippen MR) is 79.5 cm³/mol. The Morgan fingerprint density at radius 1 is 1.33 bits per heavy atom. The van der Waals surface area contributed by atoms with E-state index < -0.39 is 0 Å². The number of nitrogens with zero attached hydrogens (tertiary/aromatic N) is 2. The Kier molecular flexibility index (Phi) is 2.76. The summed E-state index contributed by atoms with van der Waals surface area (Å²) in [6, 6.07) is 0.567. The molecule has 5 heteroatoms. The zero-order chi connectivity index (χ0) is 14.7. The Morgan fingerprint density at radius 3 is 2.90 bits per heavy atom. The van der Waals surface area contributed by atoms with Gasteiger partial charge in [0, 0.05) is 25.6 Å². The van der Waals surface area contributed by atoms with Gasteiger partial charge in [0.1, 0.15) is 5.82 Å². The third-order valence-corrected chi connectivity index (χ3v) is 5.36. The number of aromatic nitrogens is 1. The molecule has 112 valence electrons. The average molecular weight is 287 g/mol. The summed E-state index contributed by atoms with van der Waals surface area (Å²) in [5, 5.41) is 2.88. The minimum Gasteiger partial charge on any atom is -0.381 e. The number of hydrogen-bond donors (Lipinski definition) is 1. The molecule has 1 amide bonds. The molecule has 2 fully saturated rings. The molecule has 1 aliphatic carbocycles. The maximum absolute atomic E-state index is 11.9. The largest absolute Gasteiger partial charge is 0.381 e. The van der Waals surface area contributed by atoms with E-state index in [1.165, 1.54) is 6.42 Å². The Morgan fingerprint density at radius 2 is 2.14 bits per heavy atom. The minimum atomic E-state index is 0.0204. The average Bonchev–Trinajstić information content (AvgIpc) is 3.20. The molecular weight excluding hydrogens is 266 g/mol. The van der Waals surface area contributed by atoms with E-state index in [2.05, 4.69) is 17.1 Å². The van der Waals surface area contributed by atoms with Crippen LogP contribution in [0.15, 0.2) is 0 Å². The predicted octanol–water partition coefficient (Wildman–Crippen LogP) is 1.56. The number of anilines is 1. The van der Waals surface area contributed by atoms with Crippen LogP contribution in [0.4, 0.5) is 5.82 Å². The van der Waals surface area contributed by atoms with Crippen LogP contribution in [0.5, 0.6) is 0 Å². The van der Waals surface area contributed by atoms with Gasteiger partial charge in [0.2, 0.25) is 0 Å². The molecule has 5 nitrogen and oxygen atoms in total. The normalized spacial score (nSPS) is 30.0. The van der Waals surface area contributed by atoms with Crippen molar-refractivity contribution >= 4 is 11.7 Å². The maximum Gasteiger partial charge on any atom is 0.253 e. The first-order valence-corrected chi connectivity index (χ1v) is 7.69. The molecule has 3 aliphatic rings. The molecule has 0 aromatic carbocycles. The highest BCUT2D eigenvalue weighted by molar-refractivity contribution is 5.99. The third kappa shape index (κ3) is 1.80. The zero-order valence-electron chi connectivity index (χ0n) is 12.8. The SMILES string of the molecule is COC1CCN(c2nc3c(c(C)c2C)C(=O)NC3)C2CC12. The summed E-state index contributed by atoms with van der Waals surface area (Å²) in [4.78, 5) is 19.2. The lowest BCUT2D eigenvalue weighted by atomic mass is 10.0. The first-order chi connectivity index (χ1) is 10.1. The summed E-state index contributed by atoms with van der Waals surface area (Å²) < 4.78 is 5.57. The van der Waals surface area contributed by atoms with E-state index in [0.717, 1.165) is 41.2 Å². The maximum atomic E-state index is 11.9. The molecule has 4 rings (SSSR count). The number of piperidine rings is 1. The fraction of sp³-hybridized carbons (Fsp3) is 0.625. The highest BCUT2D eigenvalue weighted by Crippen LogP contribution is 2.47. The van der Waals surface area contributed by atoms with Crippen LogP contribution in [0.25, 0.3) is 0 Å². The monoisotopic (exact) mass is 287 g/mol. The van der Waals surface area contributed by atoms with Gasteiger partial charge in [-0.3, -0.25) is 4.79 Å². The Bertz CT molecular complexity index is 628. The van der Waals surface area contributed by atoms with Crippen molar-refractivity contribution < 1.29 is 9.53 Å². The summed E-state index contributed by atoms with van der Waals surface area (Å²) in [6.07, 6.45) is 2.67. The van der Waals surface area contributed by atoms with Crippen molar-refractivity contribution in [1.29, 1.82) is 0 Å². The van der Waals surface area contributed by atoms with E-state index in [-0.39, 0.29) is 5.91 Å². The second kappa shape index (κ2) is 4.44. The van der Waals surface area contributed by atoms with Gasteiger partial charge >= 0.3 is 0 Å². The molecule has 3 unspecified atom stereocenters. The van der Waals surface area contributed by atoms with E-state index >= 15 is 0 Å². The molecule has 1 aromatic heterocycles. The van der Waals surface area contributed by atoms with Gasteiger partial charge in [0.05, 0.1) is 23.9 Å². The summed E-state index contributed by atoms with van der Waals surface area (Å²) >= 11 is 0. The van der Waals surface area contributed by atoms with Gasteiger partial charge in [0.15, 0.2) is 0 Å². The lowest BCUT2D eigenvalue weighted by Gasteiger charge is -2.33. The summed E-state index contributed by atoms with van der Waals surface area (Å²) in [5.74, 6) is 1.75. The number of pyridine rings is 1. The number of fused-ring (bicyclic) bond motifs is 2. The van der Waals surface area contributed by atoms with Crippen LogP contribution in [-0.2, 0) is 11.3 Å². The summed E-state index contributed by atoms with van der Waals surface area (Å²) in [6.45, 7) is 5.68. The molecule has 0 radical (unpaired) electrons. The molecule has 21 heavy (non-hydrogen) atoms. The number of rotatable bonds is 2. The van der Waals surface area contributed by atoms with Crippen molar-refractivity contribution in [2.24, 2.45) is 5.92 Å². The van der Waals surface area contributed by atoms with Crippen LogP contribution in [0, 0.1) is 19.8 Å². The third-order valence-electron chi connectivity index (χ3n) is 5.36. The molecule has 0 bridgehead atoms. The highest BCUT2D eigenvalue weighted by Gasteiger charge is 2.51. The molecule has 1 saturated heterocycles. The van der Waals surface area contributed by atoms with Crippen LogP contribution in [-0.4, -0.2) is 36.7 Å². The van der Waals surface area contributed by atoms with Gasteiger partial charge in [-0.1, -0.05) is 0 Å². The van der Waals surface area contributed by atoms with E-state index in [0.29, 0.717) is 24.6 Å². The number of hydrogen-bond acceptors (Lipinski definition) is 4. The van der Waals surface area contributed by atoms with Crippen LogP contribution in [0.2, 0.25) is 0 Å². The zero-order valence-corrected chi connectivity index (χ0v) is 12.8. The molecule has 3 heterocycles. The Balaban J connectivity index is 1.71. The molecule has 3 atom stereocenters. The van der Waals surface area contributed by atoms with Gasteiger partial charge < -0.3 is 15.0 Å². The van der Waals surface area contributed by atoms with Crippen molar-refractivity contribution in [3.63, 3.8) is 0 Å². The second-order valence-electron chi connectivity index (χ2n) is 6.41. The van der Waals surface area contributed by atoms with Gasteiger partial charge in [-0.05, 0) is 37.8 Å². The number of carbonyl (C=O) groups excluding carboxylic acids is 1. The van der Waals surface area contributed by atoms with Crippen LogP contribution < -0.4 is 10.2 Å². The fourth-order valence-electron chi connectivity index (χ4n) is 3.96. The van der Waals surface area contributed by atoms with Crippen molar-refractivity contribution in [3.8, 4) is 0 Å². The number of amides is 1. The number of ether oxygens (including phenoxy) is 1. The van der Waals surface area contributed by atoms with Gasteiger partial charge in [0.25, 0.3) is 5.91 Å². The second-order valence-corrected chi connectivity index (χ2v) is 6.41. The summed E-state index contributed by atoms with van der Waals surface area (Å²) in [5.41, 5.74) is 3.92. The first-order valence-electron chi connectivity index (χ1n) is 7.69. The van der Waals surface area contributed by atoms with E-state index in [4.69, 9.17) is 9.72 Å². The topological polar surface area (TPSA) is 54.5 Å². The smallest absolute Gasteiger partial charge is 0.253 e. The standard InChI is InChI=1S/C16H21N3O2/c1-8-9(2)15(18-11-7-17-16(20)14(8)11)19-5-4-13(21-3)10-6-12(10)19/h10,12-13H,4-7H2,1-3H3,(H,17,20). The fourth-order valence-corrected chi connectivity index (χ4v) is 3.96.